The molecule has 0 atom stereocenters. The number of thiophene rings is 1. The predicted octanol–water partition coefficient (Wildman–Crippen LogP) is 6.69. The molecule has 0 spiro atoms. The normalized spacial score (nSPS) is 11.2. The Hall–Kier alpha value is -4.00. The molecule has 34 heavy (non-hydrogen) atoms. The minimum Gasteiger partial charge on any atom is -0.422 e. The van der Waals surface area contributed by atoms with Gasteiger partial charge in [0.2, 0.25) is 0 Å². The first kappa shape index (κ1) is 21.8. The van der Waals surface area contributed by atoms with E-state index >= 15 is 0 Å². The number of hydrogen-bond donors (Lipinski definition) is 1. The average molecular weight is 485 g/mol. The molecule has 1 N–H and O–H groups in total. The lowest BCUT2D eigenvalue weighted by atomic mass is 10.0. The van der Waals surface area contributed by atoms with Crippen LogP contribution in [0.4, 0.5) is 0 Å². The first-order valence-corrected chi connectivity index (χ1v) is 11.6. The van der Waals surface area contributed by atoms with Crippen LogP contribution < -0.4 is 10.2 Å². The first-order chi connectivity index (χ1) is 16.6. The summed E-state index contributed by atoms with van der Waals surface area (Å²) in [5.74, 6) is -0.574. The number of nitrogens with zero attached hydrogens (tertiary/aromatic N) is 1. The molecular formula is C27H17ClN2O3S. The van der Waals surface area contributed by atoms with Crippen LogP contribution in [0.5, 0.6) is 5.75 Å². The van der Waals surface area contributed by atoms with Crippen LogP contribution in [0.3, 0.4) is 0 Å². The summed E-state index contributed by atoms with van der Waals surface area (Å²) in [6.07, 6.45) is 1.44. The van der Waals surface area contributed by atoms with E-state index in [0.29, 0.717) is 26.8 Å². The zero-order chi connectivity index (χ0) is 23.5. The zero-order valence-corrected chi connectivity index (χ0v) is 19.3. The van der Waals surface area contributed by atoms with Gasteiger partial charge in [-0.15, -0.1) is 11.3 Å². The number of fused-ring (bicyclic) bond motifs is 2. The van der Waals surface area contributed by atoms with E-state index in [1.807, 2.05) is 60.7 Å². The predicted molar refractivity (Wildman–Crippen MR) is 137 cm³/mol. The number of amides is 1. The van der Waals surface area contributed by atoms with Gasteiger partial charge in [0.1, 0.15) is 10.6 Å². The molecule has 5 rings (SSSR count). The van der Waals surface area contributed by atoms with Gasteiger partial charge in [-0.2, -0.15) is 5.10 Å². The second kappa shape index (κ2) is 9.47. The maximum atomic E-state index is 12.8. The Labute approximate surface area is 204 Å². The second-order valence-electron chi connectivity index (χ2n) is 7.39. The summed E-state index contributed by atoms with van der Waals surface area (Å²) in [5, 5.41) is 7.07. The van der Waals surface area contributed by atoms with Crippen molar-refractivity contribution in [1.82, 2.24) is 5.43 Å². The van der Waals surface area contributed by atoms with E-state index in [2.05, 4.69) is 10.5 Å². The van der Waals surface area contributed by atoms with E-state index in [9.17, 15) is 9.59 Å². The van der Waals surface area contributed by atoms with Gasteiger partial charge in [0.15, 0.2) is 0 Å². The van der Waals surface area contributed by atoms with Gasteiger partial charge < -0.3 is 4.74 Å². The van der Waals surface area contributed by atoms with Gasteiger partial charge in [-0.25, -0.2) is 10.2 Å². The molecule has 0 saturated carbocycles. The molecule has 0 aliphatic carbocycles. The highest BCUT2D eigenvalue weighted by Crippen LogP contribution is 2.36. The lowest BCUT2D eigenvalue weighted by Gasteiger charge is -2.07. The van der Waals surface area contributed by atoms with Gasteiger partial charge in [0.05, 0.1) is 11.2 Å². The molecule has 166 valence electrons. The first-order valence-electron chi connectivity index (χ1n) is 10.4. The van der Waals surface area contributed by atoms with E-state index in [-0.39, 0.29) is 5.91 Å². The Morgan fingerprint density at radius 1 is 0.853 bits per heavy atom. The molecule has 0 saturated heterocycles. The number of rotatable bonds is 5. The molecule has 5 nitrogen and oxygen atoms in total. The van der Waals surface area contributed by atoms with Crippen LogP contribution in [-0.2, 0) is 0 Å². The van der Waals surface area contributed by atoms with Crippen LogP contribution in [0.25, 0.3) is 20.9 Å². The number of hydrazone groups is 1. The molecule has 0 aliphatic rings. The number of para-hydroxylation sites is 1. The van der Waals surface area contributed by atoms with Crippen LogP contribution in [0, 0.1) is 0 Å². The molecule has 5 aromatic rings. The number of hydrogen-bond acceptors (Lipinski definition) is 5. The van der Waals surface area contributed by atoms with Crippen molar-refractivity contribution in [3.05, 3.63) is 112 Å². The Morgan fingerprint density at radius 2 is 1.56 bits per heavy atom. The minimum atomic E-state index is -0.549. The lowest BCUT2D eigenvalue weighted by Crippen LogP contribution is -2.18. The standard InChI is InChI=1S/C27H17ClN2O3S/c28-24-21-12-4-6-15-23(21)34-25(24)27(32)33-22-14-5-2-9-18(22)16-29-30-26(31)20-13-7-10-17-8-1-3-11-19(17)20/h1-16H,(H,30,31)/b29-16-. The molecule has 1 aromatic heterocycles. The van der Waals surface area contributed by atoms with Crippen molar-refractivity contribution in [3.63, 3.8) is 0 Å². The van der Waals surface area contributed by atoms with Crippen molar-refractivity contribution in [3.8, 4) is 5.75 Å². The van der Waals surface area contributed by atoms with Gasteiger partial charge in [0.25, 0.3) is 5.91 Å². The number of carbonyl (C=O) groups is 2. The van der Waals surface area contributed by atoms with Gasteiger partial charge in [0, 0.05) is 21.2 Å². The number of benzene rings is 4. The second-order valence-corrected chi connectivity index (χ2v) is 8.82. The van der Waals surface area contributed by atoms with Crippen molar-refractivity contribution in [2.24, 2.45) is 5.10 Å². The molecule has 0 radical (unpaired) electrons. The number of ether oxygens (including phenoxy) is 1. The Kier molecular flexibility index (Phi) is 6.08. The number of esters is 1. The van der Waals surface area contributed by atoms with Crippen LogP contribution >= 0.6 is 22.9 Å². The summed E-state index contributed by atoms with van der Waals surface area (Å²) in [6, 6.07) is 27.6. The van der Waals surface area contributed by atoms with Crippen molar-refractivity contribution in [2.45, 2.75) is 0 Å². The summed E-state index contributed by atoms with van der Waals surface area (Å²) in [7, 11) is 0. The fourth-order valence-corrected chi connectivity index (χ4v) is 5.00. The number of halogens is 1. The maximum Gasteiger partial charge on any atom is 0.355 e. The van der Waals surface area contributed by atoms with Gasteiger partial charge >= 0.3 is 5.97 Å². The molecule has 7 heteroatoms. The molecule has 0 fully saturated rings. The molecule has 0 bridgehead atoms. The van der Waals surface area contributed by atoms with Crippen molar-refractivity contribution < 1.29 is 14.3 Å². The van der Waals surface area contributed by atoms with Crippen LogP contribution in [-0.4, -0.2) is 18.1 Å². The van der Waals surface area contributed by atoms with E-state index in [1.165, 1.54) is 17.6 Å². The molecule has 4 aromatic carbocycles. The molecule has 1 amide bonds. The number of nitrogens with one attached hydrogen (secondary N) is 1. The third-order valence-corrected chi connectivity index (χ3v) is 6.90. The Balaban J connectivity index is 1.34. The lowest BCUT2D eigenvalue weighted by molar-refractivity contribution is 0.0739. The highest BCUT2D eigenvalue weighted by atomic mass is 35.5. The third kappa shape index (κ3) is 4.29. The van der Waals surface area contributed by atoms with Crippen molar-refractivity contribution in [2.75, 3.05) is 0 Å². The van der Waals surface area contributed by atoms with E-state index in [1.54, 1.807) is 30.3 Å². The maximum absolute atomic E-state index is 12.8. The molecular weight excluding hydrogens is 468 g/mol. The van der Waals surface area contributed by atoms with E-state index in [4.69, 9.17) is 16.3 Å². The number of carbonyl (C=O) groups excluding carboxylic acids is 2. The van der Waals surface area contributed by atoms with E-state index < -0.39 is 5.97 Å². The van der Waals surface area contributed by atoms with Crippen LogP contribution in [0.15, 0.2) is 96.1 Å². The quantitative estimate of drug-likeness (QED) is 0.131. The SMILES string of the molecule is O=C(Oc1ccccc1/C=N\NC(=O)c1cccc2ccccc12)c1sc2ccccc2c1Cl. The largest absolute Gasteiger partial charge is 0.422 e. The molecule has 1 heterocycles. The van der Waals surface area contributed by atoms with Crippen LogP contribution in [0.1, 0.15) is 25.6 Å². The monoisotopic (exact) mass is 484 g/mol. The fourth-order valence-electron chi connectivity index (χ4n) is 3.62. The summed E-state index contributed by atoms with van der Waals surface area (Å²) in [6.45, 7) is 0. The van der Waals surface area contributed by atoms with Crippen molar-refractivity contribution in [1.29, 1.82) is 0 Å². The zero-order valence-electron chi connectivity index (χ0n) is 17.7. The Bertz CT molecular complexity index is 1570. The van der Waals surface area contributed by atoms with Crippen molar-refractivity contribution >= 4 is 61.9 Å². The van der Waals surface area contributed by atoms with Gasteiger partial charge in [-0.3, -0.25) is 4.79 Å². The molecule has 0 aliphatic heterocycles. The fraction of sp³-hybridized carbons (Fsp3) is 0. The topological polar surface area (TPSA) is 67.8 Å². The summed E-state index contributed by atoms with van der Waals surface area (Å²) < 4.78 is 6.53. The highest BCUT2D eigenvalue weighted by molar-refractivity contribution is 7.21. The van der Waals surface area contributed by atoms with Gasteiger partial charge in [-0.05, 0) is 35.0 Å². The van der Waals surface area contributed by atoms with E-state index in [0.717, 1.165) is 20.9 Å². The minimum absolute atomic E-state index is 0.309. The smallest absolute Gasteiger partial charge is 0.355 e. The summed E-state index contributed by atoms with van der Waals surface area (Å²) in [4.78, 5) is 25.9. The molecule has 0 unspecified atom stereocenters. The average Bonchev–Trinajstić information content (AvgIpc) is 3.21. The van der Waals surface area contributed by atoms with Crippen LogP contribution in [0.2, 0.25) is 5.02 Å². The summed E-state index contributed by atoms with van der Waals surface area (Å²) in [5.41, 5.74) is 3.61. The third-order valence-electron chi connectivity index (χ3n) is 5.25. The Morgan fingerprint density at radius 3 is 2.41 bits per heavy atom. The highest BCUT2D eigenvalue weighted by Gasteiger charge is 2.19. The summed E-state index contributed by atoms with van der Waals surface area (Å²) >= 11 is 7.69. The van der Waals surface area contributed by atoms with Gasteiger partial charge in [-0.1, -0.05) is 78.3 Å².